The molecule has 1 saturated carbocycles. The highest BCUT2D eigenvalue weighted by Crippen LogP contribution is 2.27. The van der Waals surface area contributed by atoms with E-state index in [-0.39, 0.29) is 18.1 Å². The number of oxazole rings is 1. The Morgan fingerprint density at radius 2 is 1.97 bits per heavy atom. The van der Waals surface area contributed by atoms with Crippen LogP contribution in [0.4, 0.5) is 10.2 Å². The van der Waals surface area contributed by atoms with E-state index in [1.807, 2.05) is 6.07 Å². The van der Waals surface area contributed by atoms with Crippen LogP contribution >= 0.6 is 0 Å². The van der Waals surface area contributed by atoms with E-state index in [2.05, 4.69) is 15.3 Å². The lowest BCUT2D eigenvalue weighted by molar-refractivity contribution is -0.116. The van der Waals surface area contributed by atoms with Crippen LogP contribution in [-0.2, 0) is 11.2 Å². The van der Waals surface area contributed by atoms with Crippen molar-refractivity contribution >= 4 is 11.7 Å². The second-order valence-corrected chi connectivity index (χ2v) is 7.81. The van der Waals surface area contributed by atoms with Gasteiger partial charge in [0.2, 0.25) is 5.91 Å². The minimum Gasteiger partial charge on any atom is -0.489 e. The van der Waals surface area contributed by atoms with Gasteiger partial charge >= 0.3 is 0 Å². The van der Waals surface area contributed by atoms with Gasteiger partial charge in [-0.1, -0.05) is 31.4 Å². The molecule has 31 heavy (non-hydrogen) atoms. The Morgan fingerprint density at radius 3 is 2.81 bits per heavy atom. The maximum Gasteiger partial charge on any atom is 0.226 e. The normalized spacial score (nSPS) is 14.4. The van der Waals surface area contributed by atoms with Gasteiger partial charge in [0, 0.05) is 19.0 Å². The number of amides is 1. The Morgan fingerprint density at radius 1 is 1.13 bits per heavy atom. The number of carbonyl (C=O) groups excluding carboxylic acids is 1. The predicted octanol–water partition coefficient (Wildman–Crippen LogP) is 5.41. The summed E-state index contributed by atoms with van der Waals surface area (Å²) in [5, 5.41) is 2.81. The molecule has 162 valence electrons. The first-order valence-electron chi connectivity index (χ1n) is 10.8. The fourth-order valence-corrected chi connectivity index (χ4v) is 3.79. The number of aryl methyl sites for hydroxylation is 1. The van der Waals surface area contributed by atoms with Gasteiger partial charge in [-0.05, 0) is 43.0 Å². The number of hydrogen-bond donors (Lipinski definition) is 1. The molecule has 2 heterocycles. The summed E-state index contributed by atoms with van der Waals surface area (Å²) in [4.78, 5) is 20.8. The average Bonchev–Trinajstić information content (AvgIpc) is 3.27. The van der Waals surface area contributed by atoms with Gasteiger partial charge in [-0.15, -0.1) is 0 Å². The van der Waals surface area contributed by atoms with Crippen molar-refractivity contribution in [2.24, 2.45) is 5.92 Å². The SMILES string of the molecule is O=C(CCc1ncc(-c2ccccc2F)o1)Nc1ncccc1OCC1CCCCC1. The first kappa shape index (κ1) is 21.0. The third-order valence-electron chi connectivity index (χ3n) is 5.49. The molecular weight excluding hydrogens is 397 g/mol. The van der Waals surface area contributed by atoms with Gasteiger partial charge in [-0.2, -0.15) is 0 Å². The lowest BCUT2D eigenvalue weighted by Gasteiger charge is -2.22. The third-order valence-corrected chi connectivity index (χ3v) is 5.49. The van der Waals surface area contributed by atoms with Crippen molar-refractivity contribution in [2.75, 3.05) is 11.9 Å². The first-order valence-corrected chi connectivity index (χ1v) is 10.8. The molecule has 0 saturated heterocycles. The van der Waals surface area contributed by atoms with Crippen molar-refractivity contribution in [3.63, 3.8) is 0 Å². The summed E-state index contributed by atoms with van der Waals surface area (Å²) in [7, 11) is 0. The summed E-state index contributed by atoms with van der Waals surface area (Å²) in [5.41, 5.74) is 0.346. The molecule has 1 aromatic carbocycles. The second kappa shape index (κ2) is 10.2. The molecule has 0 bridgehead atoms. The van der Waals surface area contributed by atoms with E-state index in [0.29, 0.717) is 47.7 Å². The van der Waals surface area contributed by atoms with Crippen molar-refractivity contribution in [1.82, 2.24) is 9.97 Å². The molecule has 2 aromatic heterocycles. The molecule has 1 aliphatic carbocycles. The number of benzene rings is 1. The summed E-state index contributed by atoms with van der Waals surface area (Å²) in [6, 6.07) is 9.96. The van der Waals surface area contributed by atoms with E-state index >= 15 is 0 Å². The van der Waals surface area contributed by atoms with Gasteiger partial charge in [-0.25, -0.2) is 14.4 Å². The van der Waals surface area contributed by atoms with Crippen LogP contribution in [0.3, 0.4) is 0 Å². The minimum atomic E-state index is -0.376. The van der Waals surface area contributed by atoms with Crippen LogP contribution < -0.4 is 10.1 Å². The monoisotopic (exact) mass is 423 g/mol. The molecule has 0 atom stereocenters. The van der Waals surface area contributed by atoms with Crippen molar-refractivity contribution in [3.8, 4) is 17.1 Å². The lowest BCUT2D eigenvalue weighted by Crippen LogP contribution is -2.18. The number of pyridine rings is 1. The van der Waals surface area contributed by atoms with Gasteiger partial charge in [0.1, 0.15) is 5.82 Å². The molecule has 7 heteroatoms. The van der Waals surface area contributed by atoms with Gasteiger partial charge in [0.25, 0.3) is 0 Å². The maximum absolute atomic E-state index is 13.9. The number of ether oxygens (including phenoxy) is 1. The third kappa shape index (κ3) is 5.69. The van der Waals surface area contributed by atoms with Gasteiger partial charge in [0.05, 0.1) is 18.4 Å². The smallest absolute Gasteiger partial charge is 0.226 e. The van der Waals surface area contributed by atoms with Gasteiger partial charge in [-0.3, -0.25) is 4.79 Å². The van der Waals surface area contributed by atoms with E-state index in [1.165, 1.54) is 44.4 Å². The molecule has 0 spiro atoms. The van der Waals surface area contributed by atoms with Crippen LogP contribution in [0.2, 0.25) is 0 Å². The number of hydrogen-bond acceptors (Lipinski definition) is 5. The van der Waals surface area contributed by atoms with E-state index in [0.717, 1.165) is 0 Å². The molecule has 3 aromatic rings. The van der Waals surface area contributed by atoms with Gasteiger partial charge in [0.15, 0.2) is 23.2 Å². The Balaban J connectivity index is 1.31. The zero-order valence-electron chi connectivity index (χ0n) is 17.4. The quantitative estimate of drug-likeness (QED) is 0.524. The highest BCUT2D eigenvalue weighted by Gasteiger charge is 2.16. The fraction of sp³-hybridized carbons (Fsp3) is 0.375. The Labute approximate surface area is 180 Å². The second-order valence-electron chi connectivity index (χ2n) is 7.81. The van der Waals surface area contributed by atoms with Gasteiger partial charge < -0.3 is 14.5 Å². The topological polar surface area (TPSA) is 77.3 Å². The largest absolute Gasteiger partial charge is 0.489 e. The van der Waals surface area contributed by atoms with Crippen LogP contribution in [0, 0.1) is 11.7 Å². The number of aromatic nitrogens is 2. The van der Waals surface area contributed by atoms with Crippen molar-refractivity contribution in [2.45, 2.75) is 44.9 Å². The van der Waals surface area contributed by atoms with Crippen molar-refractivity contribution in [1.29, 1.82) is 0 Å². The fourth-order valence-electron chi connectivity index (χ4n) is 3.79. The number of nitrogens with zero attached hydrogens (tertiary/aromatic N) is 2. The predicted molar refractivity (Wildman–Crippen MR) is 115 cm³/mol. The molecule has 1 fully saturated rings. The average molecular weight is 423 g/mol. The molecule has 6 nitrogen and oxygen atoms in total. The first-order chi connectivity index (χ1) is 15.2. The van der Waals surface area contributed by atoms with Crippen LogP contribution in [0.15, 0.2) is 53.2 Å². The van der Waals surface area contributed by atoms with Crippen LogP contribution in [0.5, 0.6) is 5.75 Å². The summed E-state index contributed by atoms with van der Waals surface area (Å²) in [5.74, 6) is 1.69. The van der Waals surface area contributed by atoms with Crippen LogP contribution in [0.25, 0.3) is 11.3 Å². The molecule has 4 rings (SSSR count). The summed E-state index contributed by atoms with van der Waals surface area (Å²) in [6.45, 7) is 0.643. The van der Waals surface area contributed by atoms with E-state index < -0.39 is 0 Å². The number of rotatable bonds is 8. The zero-order chi connectivity index (χ0) is 21.5. The Kier molecular flexibility index (Phi) is 6.92. The minimum absolute atomic E-state index is 0.163. The summed E-state index contributed by atoms with van der Waals surface area (Å²) >= 11 is 0. The molecular formula is C24H26FN3O3. The van der Waals surface area contributed by atoms with E-state index in [1.54, 1.807) is 30.5 Å². The summed E-state index contributed by atoms with van der Waals surface area (Å²) < 4.78 is 25.5. The lowest BCUT2D eigenvalue weighted by atomic mass is 9.90. The number of anilines is 1. The standard InChI is InChI=1S/C24H26FN3O3/c25-19-10-5-4-9-18(19)21-15-27-23(31-21)13-12-22(29)28-24-20(11-6-14-26-24)30-16-17-7-2-1-3-8-17/h4-6,9-11,14-15,17H,1-3,7-8,12-13,16H2,(H,26,28,29). The molecule has 1 N–H and O–H groups in total. The van der Waals surface area contributed by atoms with Crippen LogP contribution in [-0.4, -0.2) is 22.5 Å². The number of carbonyl (C=O) groups is 1. The highest BCUT2D eigenvalue weighted by atomic mass is 19.1. The Hall–Kier alpha value is -3.22. The Bertz CT molecular complexity index is 1010. The molecule has 0 aliphatic heterocycles. The molecule has 0 unspecified atom stereocenters. The highest BCUT2D eigenvalue weighted by molar-refractivity contribution is 5.91. The maximum atomic E-state index is 13.9. The van der Waals surface area contributed by atoms with Crippen LogP contribution in [0.1, 0.15) is 44.4 Å². The number of halogens is 1. The van der Waals surface area contributed by atoms with E-state index in [9.17, 15) is 9.18 Å². The van der Waals surface area contributed by atoms with E-state index in [4.69, 9.17) is 9.15 Å². The zero-order valence-corrected chi connectivity index (χ0v) is 17.4. The molecule has 1 amide bonds. The summed E-state index contributed by atoms with van der Waals surface area (Å²) in [6.07, 6.45) is 9.74. The van der Waals surface area contributed by atoms with Crippen molar-refractivity contribution < 1.29 is 18.3 Å². The van der Waals surface area contributed by atoms with Crippen molar-refractivity contribution in [3.05, 3.63) is 60.5 Å². The molecule has 0 radical (unpaired) electrons. The molecule has 1 aliphatic rings. The number of nitrogens with one attached hydrogen (secondary N) is 1.